The highest BCUT2D eigenvalue weighted by Crippen LogP contribution is 2.06. The molecule has 1 aliphatic rings. The molecule has 7 heteroatoms. The normalized spacial score (nSPS) is 20.2. The fourth-order valence-electron chi connectivity index (χ4n) is 1.54. The average Bonchev–Trinajstić information content (AvgIpc) is 2.44. The van der Waals surface area contributed by atoms with E-state index in [0.29, 0.717) is 13.0 Å². The highest BCUT2D eigenvalue weighted by Gasteiger charge is 2.22. The molecule has 3 N–H and O–H groups in total. The maximum atomic E-state index is 11.5. The van der Waals surface area contributed by atoms with Crippen molar-refractivity contribution in [1.29, 1.82) is 0 Å². The molecule has 0 aromatic carbocycles. The van der Waals surface area contributed by atoms with Gasteiger partial charge in [-0.1, -0.05) is 0 Å². The summed E-state index contributed by atoms with van der Waals surface area (Å²) in [7, 11) is 0. The van der Waals surface area contributed by atoms with Crippen molar-refractivity contribution in [3.05, 3.63) is 0 Å². The topological polar surface area (TPSA) is 95.5 Å². The zero-order chi connectivity index (χ0) is 12.7. The number of carbonyl (C=O) groups is 3. The van der Waals surface area contributed by atoms with Crippen molar-refractivity contribution in [3.63, 3.8) is 0 Å². The predicted molar refractivity (Wildman–Crippen MR) is 63.8 cm³/mol. The van der Waals surface area contributed by atoms with Crippen LogP contribution in [0, 0.1) is 0 Å². The van der Waals surface area contributed by atoms with E-state index >= 15 is 0 Å². The fraction of sp³-hybridized carbons (Fsp3) is 0.700. The molecule has 1 heterocycles. The van der Waals surface area contributed by atoms with Gasteiger partial charge in [-0.3, -0.25) is 14.4 Å². The van der Waals surface area contributed by atoms with Gasteiger partial charge in [0, 0.05) is 6.54 Å². The van der Waals surface area contributed by atoms with E-state index in [1.165, 1.54) is 0 Å². The minimum atomic E-state index is -0.949. The lowest BCUT2D eigenvalue weighted by atomic mass is 10.1. The Bertz CT molecular complexity index is 309. The van der Waals surface area contributed by atoms with Gasteiger partial charge in [0.1, 0.15) is 6.04 Å². The summed E-state index contributed by atoms with van der Waals surface area (Å²) in [6, 6.07) is -0.476. The van der Waals surface area contributed by atoms with Gasteiger partial charge in [-0.15, -0.1) is 11.8 Å². The quantitative estimate of drug-likeness (QED) is 0.624. The zero-order valence-corrected chi connectivity index (χ0v) is 10.2. The number of amides is 2. The predicted octanol–water partition coefficient (Wildman–Crippen LogP) is -0.411. The van der Waals surface area contributed by atoms with Gasteiger partial charge < -0.3 is 15.7 Å². The van der Waals surface area contributed by atoms with Gasteiger partial charge in [0.15, 0.2) is 0 Å². The van der Waals surface area contributed by atoms with Crippen LogP contribution in [0.1, 0.15) is 19.3 Å². The first-order valence-corrected chi connectivity index (χ1v) is 6.61. The van der Waals surface area contributed by atoms with E-state index in [1.807, 2.05) is 0 Å². The summed E-state index contributed by atoms with van der Waals surface area (Å²) < 4.78 is 0. The molecule has 1 atom stereocenters. The average molecular weight is 260 g/mol. The van der Waals surface area contributed by atoms with E-state index < -0.39 is 12.0 Å². The van der Waals surface area contributed by atoms with E-state index in [-0.39, 0.29) is 23.3 Å². The van der Waals surface area contributed by atoms with Crippen LogP contribution in [-0.2, 0) is 14.4 Å². The van der Waals surface area contributed by atoms with Crippen molar-refractivity contribution in [3.8, 4) is 0 Å². The Balaban J connectivity index is 2.28. The number of hydrogen-bond acceptors (Lipinski definition) is 4. The Hall–Kier alpha value is -1.24. The first kappa shape index (κ1) is 13.8. The first-order valence-electron chi connectivity index (χ1n) is 5.46. The maximum absolute atomic E-state index is 11.5. The zero-order valence-electron chi connectivity index (χ0n) is 9.40. The molecule has 0 aromatic heterocycles. The van der Waals surface area contributed by atoms with Gasteiger partial charge in [-0.25, -0.2) is 0 Å². The number of carboxylic acids is 1. The number of hydrogen-bond donors (Lipinski definition) is 3. The lowest BCUT2D eigenvalue weighted by Crippen LogP contribution is -2.46. The molecule has 0 aromatic rings. The van der Waals surface area contributed by atoms with Crippen molar-refractivity contribution < 1.29 is 19.5 Å². The number of aliphatic carboxylic acids is 1. The van der Waals surface area contributed by atoms with Gasteiger partial charge in [0.05, 0.1) is 11.5 Å². The smallest absolute Gasteiger partial charge is 0.313 e. The number of rotatable bonds is 5. The van der Waals surface area contributed by atoms with Crippen molar-refractivity contribution >= 4 is 29.5 Å². The van der Waals surface area contributed by atoms with Crippen LogP contribution in [-0.4, -0.2) is 47.0 Å². The molecule has 0 unspecified atom stereocenters. The Labute approximate surface area is 104 Å². The third kappa shape index (κ3) is 5.58. The summed E-state index contributed by atoms with van der Waals surface area (Å²) in [5, 5.41) is 13.7. The van der Waals surface area contributed by atoms with E-state index in [2.05, 4.69) is 10.6 Å². The second-order valence-electron chi connectivity index (χ2n) is 3.79. The lowest BCUT2D eigenvalue weighted by molar-refractivity contribution is -0.134. The molecule has 0 spiro atoms. The number of carboxylic acid groups (broad SMARTS) is 1. The molecule has 1 aliphatic heterocycles. The molecule has 96 valence electrons. The molecule has 0 radical (unpaired) electrons. The molecule has 2 amide bonds. The van der Waals surface area contributed by atoms with Gasteiger partial charge in [-0.2, -0.15) is 0 Å². The van der Waals surface area contributed by atoms with Crippen molar-refractivity contribution in [2.75, 3.05) is 18.1 Å². The molecule has 17 heavy (non-hydrogen) atoms. The highest BCUT2D eigenvalue weighted by molar-refractivity contribution is 8.00. The second-order valence-corrected chi connectivity index (χ2v) is 4.78. The highest BCUT2D eigenvalue weighted by atomic mass is 32.2. The fourth-order valence-corrected chi connectivity index (χ4v) is 2.09. The molecule has 6 nitrogen and oxygen atoms in total. The Morgan fingerprint density at radius 1 is 1.41 bits per heavy atom. The Kier molecular flexibility index (Phi) is 5.82. The van der Waals surface area contributed by atoms with Gasteiger partial charge in [-0.05, 0) is 19.3 Å². The van der Waals surface area contributed by atoms with Crippen LogP contribution in [0.2, 0.25) is 0 Å². The summed E-state index contributed by atoms with van der Waals surface area (Å²) in [6.07, 6.45) is 2.46. The van der Waals surface area contributed by atoms with Gasteiger partial charge in [0.2, 0.25) is 11.8 Å². The van der Waals surface area contributed by atoms with Crippen LogP contribution in [0.4, 0.5) is 0 Å². The standard InChI is InChI=1S/C10H16N2O4S/c13-8(5-17-6-9(14)15)12-7-3-1-2-4-11-10(7)16/h7H,1-6H2,(H,11,16)(H,12,13)(H,14,15)/t7-/m1/s1. The third-order valence-electron chi connectivity index (χ3n) is 2.33. The van der Waals surface area contributed by atoms with Crippen LogP contribution in [0.15, 0.2) is 0 Å². The molecule has 1 saturated heterocycles. The Morgan fingerprint density at radius 2 is 2.18 bits per heavy atom. The molecular weight excluding hydrogens is 244 g/mol. The molecule has 1 fully saturated rings. The monoisotopic (exact) mass is 260 g/mol. The summed E-state index contributed by atoms with van der Waals surface area (Å²) in [6.45, 7) is 0.652. The Morgan fingerprint density at radius 3 is 2.88 bits per heavy atom. The van der Waals surface area contributed by atoms with Crippen LogP contribution >= 0.6 is 11.8 Å². The van der Waals surface area contributed by atoms with Crippen molar-refractivity contribution in [1.82, 2.24) is 10.6 Å². The molecule has 1 rings (SSSR count). The number of nitrogens with one attached hydrogen (secondary N) is 2. The van der Waals surface area contributed by atoms with Crippen LogP contribution in [0.3, 0.4) is 0 Å². The van der Waals surface area contributed by atoms with Crippen molar-refractivity contribution in [2.24, 2.45) is 0 Å². The molecule has 0 bridgehead atoms. The minimum absolute atomic E-state index is 0.0656. The largest absolute Gasteiger partial charge is 0.481 e. The van der Waals surface area contributed by atoms with Crippen LogP contribution in [0.5, 0.6) is 0 Å². The third-order valence-corrected chi connectivity index (χ3v) is 3.25. The maximum Gasteiger partial charge on any atom is 0.313 e. The SMILES string of the molecule is O=C(O)CSCC(=O)N[C@@H]1CCCCNC1=O. The molecule has 0 saturated carbocycles. The van der Waals surface area contributed by atoms with Gasteiger partial charge in [0.25, 0.3) is 0 Å². The van der Waals surface area contributed by atoms with E-state index in [4.69, 9.17) is 5.11 Å². The van der Waals surface area contributed by atoms with E-state index in [9.17, 15) is 14.4 Å². The lowest BCUT2D eigenvalue weighted by Gasteiger charge is -2.14. The van der Waals surface area contributed by atoms with Crippen LogP contribution < -0.4 is 10.6 Å². The summed E-state index contributed by atoms with van der Waals surface area (Å²) in [5.74, 6) is -1.44. The number of thioether (sulfide) groups is 1. The van der Waals surface area contributed by atoms with Crippen molar-refractivity contribution in [2.45, 2.75) is 25.3 Å². The molecular formula is C10H16N2O4S. The summed E-state index contributed by atoms with van der Waals surface area (Å²) in [4.78, 5) is 33.2. The molecule has 0 aliphatic carbocycles. The van der Waals surface area contributed by atoms with Crippen LogP contribution in [0.25, 0.3) is 0 Å². The second kappa shape index (κ2) is 7.16. The first-order chi connectivity index (χ1) is 8.09. The van der Waals surface area contributed by atoms with E-state index in [1.54, 1.807) is 0 Å². The van der Waals surface area contributed by atoms with E-state index in [0.717, 1.165) is 24.6 Å². The summed E-state index contributed by atoms with van der Waals surface area (Å²) >= 11 is 1.02. The summed E-state index contributed by atoms with van der Waals surface area (Å²) in [5.41, 5.74) is 0. The van der Waals surface area contributed by atoms with Gasteiger partial charge >= 0.3 is 5.97 Å². The number of carbonyl (C=O) groups excluding carboxylic acids is 2. The minimum Gasteiger partial charge on any atom is -0.481 e.